The molecule has 0 saturated heterocycles. The topological polar surface area (TPSA) is 55.6 Å². The van der Waals surface area contributed by atoms with Crippen molar-refractivity contribution < 1.29 is 0 Å². The highest BCUT2D eigenvalue weighted by molar-refractivity contribution is 5.34. The van der Waals surface area contributed by atoms with E-state index in [1.807, 2.05) is 17.0 Å². The lowest BCUT2D eigenvalue weighted by atomic mass is 10.2. The second kappa shape index (κ2) is 5.93. The highest BCUT2D eigenvalue weighted by Gasteiger charge is 2.11. The van der Waals surface area contributed by atoms with E-state index in [0.717, 1.165) is 23.8 Å². The summed E-state index contributed by atoms with van der Waals surface area (Å²) in [6.07, 6.45) is 7.32. The first-order chi connectivity index (χ1) is 9.08. The summed E-state index contributed by atoms with van der Waals surface area (Å²) in [4.78, 5) is 13.2. The van der Waals surface area contributed by atoms with Crippen LogP contribution in [0.5, 0.6) is 0 Å². The van der Waals surface area contributed by atoms with Crippen LogP contribution in [0.15, 0.2) is 24.9 Å². The van der Waals surface area contributed by atoms with Crippen molar-refractivity contribution in [1.29, 1.82) is 0 Å². The lowest BCUT2D eigenvalue weighted by Gasteiger charge is -2.14. The van der Waals surface area contributed by atoms with E-state index in [9.17, 15) is 0 Å². The molecule has 0 spiro atoms. The summed E-state index contributed by atoms with van der Waals surface area (Å²) in [6, 6.07) is 0.424. The molecular formula is C14H21N5. The van der Waals surface area contributed by atoms with Crippen LogP contribution in [0.4, 0.5) is 0 Å². The van der Waals surface area contributed by atoms with E-state index in [0.29, 0.717) is 12.0 Å². The maximum absolute atomic E-state index is 4.68. The normalized spacial score (nSPS) is 11.5. The Kier molecular flexibility index (Phi) is 4.27. The van der Waals surface area contributed by atoms with Crippen LogP contribution in [0, 0.1) is 0 Å². The van der Waals surface area contributed by atoms with Crippen molar-refractivity contribution in [1.82, 2.24) is 24.8 Å². The summed E-state index contributed by atoms with van der Waals surface area (Å²) >= 11 is 0. The molecule has 5 heteroatoms. The summed E-state index contributed by atoms with van der Waals surface area (Å²) in [5, 5.41) is 3.41. The molecule has 0 unspecified atom stereocenters. The van der Waals surface area contributed by atoms with Gasteiger partial charge in [0.15, 0.2) is 0 Å². The minimum absolute atomic E-state index is 0.328. The highest BCUT2D eigenvalue weighted by atomic mass is 15.1. The molecule has 0 aliphatic heterocycles. The van der Waals surface area contributed by atoms with Crippen molar-refractivity contribution in [2.45, 2.75) is 46.2 Å². The second-order valence-electron chi connectivity index (χ2n) is 5.22. The molecule has 0 fully saturated rings. The van der Waals surface area contributed by atoms with Gasteiger partial charge in [0.1, 0.15) is 5.82 Å². The predicted octanol–water partition coefficient (Wildman–Crippen LogP) is 2.28. The van der Waals surface area contributed by atoms with E-state index in [1.165, 1.54) is 0 Å². The monoisotopic (exact) mass is 259 g/mol. The summed E-state index contributed by atoms with van der Waals surface area (Å²) < 4.78 is 1.95. The molecule has 0 atom stereocenters. The van der Waals surface area contributed by atoms with Crippen LogP contribution in [-0.4, -0.2) is 25.6 Å². The maximum atomic E-state index is 4.68. The predicted molar refractivity (Wildman–Crippen MR) is 75.2 cm³/mol. The Morgan fingerprint density at radius 2 is 2.05 bits per heavy atom. The molecule has 2 rings (SSSR count). The molecule has 0 aliphatic carbocycles. The van der Waals surface area contributed by atoms with Crippen molar-refractivity contribution in [3.8, 4) is 5.69 Å². The van der Waals surface area contributed by atoms with Crippen LogP contribution in [0.2, 0.25) is 0 Å². The summed E-state index contributed by atoms with van der Waals surface area (Å²) in [7, 11) is 0. The van der Waals surface area contributed by atoms with Crippen molar-refractivity contribution >= 4 is 0 Å². The van der Waals surface area contributed by atoms with E-state index in [-0.39, 0.29) is 0 Å². The second-order valence-corrected chi connectivity index (χ2v) is 5.22. The van der Waals surface area contributed by atoms with E-state index in [4.69, 9.17) is 0 Å². The lowest BCUT2D eigenvalue weighted by Crippen LogP contribution is -2.24. The molecule has 2 aromatic heterocycles. The molecule has 0 amide bonds. The number of aromatic nitrogens is 4. The Hall–Kier alpha value is -1.75. The SMILES string of the molecule is CC(C)NCc1nc(C(C)C)ncc1-n1ccnc1. The van der Waals surface area contributed by atoms with Gasteiger partial charge in [-0.2, -0.15) is 0 Å². The maximum Gasteiger partial charge on any atom is 0.131 e. The minimum atomic E-state index is 0.328. The Bertz CT molecular complexity index is 517. The zero-order chi connectivity index (χ0) is 13.8. The average molecular weight is 259 g/mol. The van der Waals surface area contributed by atoms with Crippen molar-refractivity contribution in [2.24, 2.45) is 0 Å². The average Bonchev–Trinajstić information content (AvgIpc) is 2.89. The molecule has 0 bridgehead atoms. The standard InChI is InChI=1S/C14H21N5/c1-10(2)14-17-8-13(19-6-5-15-9-19)12(18-14)7-16-11(3)4/h5-6,8-11,16H,7H2,1-4H3. The van der Waals surface area contributed by atoms with Gasteiger partial charge in [-0.25, -0.2) is 15.0 Å². The molecule has 0 aromatic carbocycles. The minimum Gasteiger partial charge on any atom is -0.309 e. The van der Waals surface area contributed by atoms with Gasteiger partial charge in [0.2, 0.25) is 0 Å². The number of nitrogens with zero attached hydrogens (tertiary/aromatic N) is 4. The first-order valence-electron chi connectivity index (χ1n) is 6.65. The summed E-state index contributed by atoms with van der Waals surface area (Å²) in [6.45, 7) is 9.19. The van der Waals surface area contributed by atoms with Gasteiger partial charge in [0.25, 0.3) is 0 Å². The third-order valence-corrected chi connectivity index (χ3v) is 2.84. The molecule has 2 aromatic rings. The van der Waals surface area contributed by atoms with Gasteiger partial charge in [-0.15, -0.1) is 0 Å². The highest BCUT2D eigenvalue weighted by Crippen LogP contribution is 2.15. The van der Waals surface area contributed by atoms with Crippen LogP contribution >= 0.6 is 0 Å². The number of hydrogen-bond donors (Lipinski definition) is 1. The van der Waals surface area contributed by atoms with Crippen LogP contribution in [0.1, 0.15) is 45.1 Å². The summed E-state index contributed by atoms with van der Waals surface area (Å²) in [5.41, 5.74) is 1.99. The Morgan fingerprint density at radius 3 is 2.63 bits per heavy atom. The van der Waals surface area contributed by atoms with Gasteiger partial charge >= 0.3 is 0 Å². The van der Waals surface area contributed by atoms with Gasteiger partial charge in [-0.1, -0.05) is 27.7 Å². The quantitative estimate of drug-likeness (QED) is 0.895. The van der Waals surface area contributed by atoms with Crippen molar-refractivity contribution in [2.75, 3.05) is 0 Å². The fraction of sp³-hybridized carbons (Fsp3) is 0.500. The molecular weight excluding hydrogens is 238 g/mol. The van der Waals surface area contributed by atoms with Gasteiger partial charge in [-0.3, -0.25) is 0 Å². The van der Waals surface area contributed by atoms with Gasteiger partial charge in [0, 0.05) is 30.9 Å². The van der Waals surface area contributed by atoms with Gasteiger partial charge < -0.3 is 9.88 Å². The number of imidazole rings is 1. The van der Waals surface area contributed by atoms with Gasteiger partial charge in [-0.05, 0) is 0 Å². The van der Waals surface area contributed by atoms with Crippen molar-refractivity contribution in [3.05, 3.63) is 36.4 Å². The van der Waals surface area contributed by atoms with E-state index < -0.39 is 0 Å². The van der Waals surface area contributed by atoms with Gasteiger partial charge in [0.05, 0.1) is 23.9 Å². The molecule has 1 N–H and O–H groups in total. The number of hydrogen-bond acceptors (Lipinski definition) is 4. The number of nitrogens with one attached hydrogen (secondary N) is 1. The van der Waals surface area contributed by atoms with Crippen LogP contribution in [-0.2, 0) is 6.54 Å². The summed E-state index contributed by atoms with van der Waals surface area (Å²) in [5.74, 6) is 1.21. The molecule has 19 heavy (non-hydrogen) atoms. The Morgan fingerprint density at radius 1 is 1.26 bits per heavy atom. The molecule has 0 saturated carbocycles. The third kappa shape index (κ3) is 3.38. The molecule has 5 nitrogen and oxygen atoms in total. The van der Waals surface area contributed by atoms with Crippen LogP contribution < -0.4 is 5.32 Å². The lowest BCUT2D eigenvalue weighted by molar-refractivity contribution is 0.575. The zero-order valence-electron chi connectivity index (χ0n) is 12.0. The zero-order valence-corrected chi connectivity index (χ0v) is 12.0. The smallest absolute Gasteiger partial charge is 0.131 e. The van der Waals surface area contributed by atoms with E-state index in [2.05, 4.69) is 48.0 Å². The first-order valence-corrected chi connectivity index (χ1v) is 6.65. The molecule has 2 heterocycles. The number of rotatable bonds is 5. The fourth-order valence-corrected chi connectivity index (χ4v) is 1.75. The first kappa shape index (κ1) is 13.7. The van der Waals surface area contributed by atoms with Crippen LogP contribution in [0.25, 0.3) is 5.69 Å². The van der Waals surface area contributed by atoms with E-state index >= 15 is 0 Å². The molecule has 0 radical (unpaired) electrons. The fourth-order valence-electron chi connectivity index (χ4n) is 1.75. The largest absolute Gasteiger partial charge is 0.309 e. The van der Waals surface area contributed by atoms with Crippen molar-refractivity contribution in [3.63, 3.8) is 0 Å². The van der Waals surface area contributed by atoms with E-state index in [1.54, 1.807) is 12.5 Å². The third-order valence-electron chi connectivity index (χ3n) is 2.84. The Balaban J connectivity index is 2.36. The molecule has 0 aliphatic rings. The Labute approximate surface area is 114 Å². The van der Waals surface area contributed by atoms with Crippen LogP contribution in [0.3, 0.4) is 0 Å². The molecule has 102 valence electrons.